The average Bonchev–Trinajstić information content (AvgIpc) is 2.61. The van der Waals surface area contributed by atoms with Gasteiger partial charge in [0.1, 0.15) is 0 Å². The van der Waals surface area contributed by atoms with Crippen LogP contribution in [0.5, 0.6) is 0 Å². The minimum absolute atomic E-state index is 0.109. The van der Waals surface area contributed by atoms with Crippen LogP contribution in [0.4, 0.5) is 0 Å². The van der Waals surface area contributed by atoms with Crippen molar-refractivity contribution in [3.8, 4) is 22.3 Å². The second-order valence-electron chi connectivity index (χ2n) is 5.48. The first kappa shape index (κ1) is 14.2. The highest BCUT2D eigenvalue weighted by Gasteiger charge is 2.40. The van der Waals surface area contributed by atoms with Crippen LogP contribution < -0.4 is 0 Å². The predicted molar refractivity (Wildman–Crippen MR) is 88.2 cm³/mol. The normalized spacial score (nSPS) is 15.9. The lowest BCUT2D eigenvalue weighted by atomic mass is 9.92. The van der Waals surface area contributed by atoms with Gasteiger partial charge in [-0.2, -0.15) is 0 Å². The first-order valence-electron chi connectivity index (χ1n) is 7.52. The van der Waals surface area contributed by atoms with Crippen LogP contribution in [-0.2, 0) is 15.4 Å². The maximum atomic E-state index is 10.3. The molecule has 0 saturated carbocycles. The van der Waals surface area contributed by atoms with Gasteiger partial charge in [0.05, 0.1) is 0 Å². The van der Waals surface area contributed by atoms with Crippen LogP contribution in [0.2, 0.25) is 0 Å². The first-order valence-corrected chi connectivity index (χ1v) is 7.52. The van der Waals surface area contributed by atoms with E-state index in [4.69, 9.17) is 9.47 Å². The quantitative estimate of drug-likeness (QED) is 0.791. The van der Waals surface area contributed by atoms with Crippen LogP contribution in [0.3, 0.4) is 0 Å². The lowest BCUT2D eigenvalue weighted by Crippen LogP contribution is -2.43. The first-order chi connectivity index (χ1) is 11.3. The summed E-state index contributed by atoms with van der Waals surface area (Å²) in [5, 5.41) is 10.3. The van der Waals surface area contributed by atoms with Crippen LogP contribution in [0.25, 0.3) is 22.3 Å². The van der Waals surface area contributed by atoms with Gasteiger partial charge in [-0.15, -0.1) is 0 Å². The standard InChI is InChI=1S/C20H16O3/c21-20(22-14-23-20)17-11-12-18(15-7-3-1-4-8-15)19(13-17)16-9-5-2-6-10-16/h1-13,21H,14H2. The molecule has 114 valence electrons. The Kier molecular flexibility index (Phi) is 3.46. The summed E-state index contributed by atoms with van der Waals surface area (Å²) in [5.74, 6) is -1.63. The highest BCUT2D eigenvalue weighted by Crippen LogP contribution is 2.38. The van der Waals surface area contributed by atoms with Crippen LogP contribution in [0.1, 0.15) is 5.56 Å². The Balaban J connectivity index is 1.89. The van der Waals surface area contributed by atoms with Crippen molar-refractivity contribution in [2.75, 3.05) is 6.79 Å². The van der Waals surface area contributed by atoms with Crippen molar-refractivity contribution in [3.05, 3.63) is 84.4 Å². The van der Waals surface area contributed by atoms with Crippen LogP contribution >= 0.6 is 0 Å². The molecule has 3 heteroatoms. The zero-order valence-electron chi connectivity index (χ0n) is 12.5. The lowest BCUT2D eigenvalue weighted by molar-refractivity contribution is -0.502. The molecule has 0 bridgehead atoms. The number of hydrogen-bond acceptors (Lipinski definition) is 3. The third-order valence-electron chi connectivity index (χ3n) is 4.06. The summed E-state index contributed by atoms with van der Waals surface area (Å²) >= 11 is 0. The van der Waals surface area contributed by atoms with Crippen LogP contribution in [0.15, 0.2) is 78.9 Å². The molecule has 1 aliphatic rings. The molecule has 0 aromatic heterocycles. The van der Waals surface area contributed by atoms with Crippen molar-refractivity contribution in [2.24, 2.45) is 0 Å². The Labute approximate surface area is 134 Å². The number of rotatable bonds is 3. The van der Waals surface area contributed by atoms with Crippen molar-refractivity contribution in [1.82, 2.24) is 0 Å². The van der Waals surface area contributed by atoms with E-state index in [0.29, 0.717) is 5.56 Å². The molecule has 3 aromatic rings. The Morgan fingerprint density at radius 3 is 1.78 bits per heavy atom. The molecule has 3 aromatic carbocycles. The molecule has 1 saturated heterocycles. The highest BCUT2D eigenvalue weighted by molar-refractivity contribution is 5.84. The van der Waals surface area contributed by atoms with Crippen molar-refractivity contribution in [2.45, 2.75) is 5.97 Å². The van der Waals surface area contributed by atoms with E-state index in [0.717, 1.165) is 22.3 Å². The van der Waals surface area contributed by atoms with Gasteiger partial charge in [-0.3, -0.25) is 9.47 Å². The molecule has 0 unspecified atom stereocenters. The summed E-state index contributed by atoms with van der Waals surface area (Å²) in [6, 6.07) is 26.0. The maximum absolute atomic E-state index is 10.3. The summed E-state index contributed by atoms with van der Waals surface area (Å²) in [6.07, 6.45) is 0. The van der Waals surface area contributed by atoms with Crippen molar-refractivity contribution in [3.63, 3.8) is 0 Å². The Morgan fingerprint density at radius 1 is 0.696 bits per heavy atom. The second-order valence-corrected chi connectivity index (χ2v) is 5.48. The number of hydrogen-bond donors (Lipinski definition) is 1. The van der Waals surface area contributed by atoms with Crippen molar-refractivity contribution in [1.29, 1.82) is 0 Å². The third-order valence-corrected chi connectivity index (χ3v) is 4.06. The fourth-order valence-electron chi connectivity index (χ4n) is 2.80. The van der Waals surface area contributed by atoms with E-state index in [1.54, 1.807) is 0 Å². The molecule has 0 atom stereocenters. The molecule has 1 fully saturated rings. The van der Waals surface area contributed by atoms with Gasteiger partial charge >= 0.3 is 5.97 Å². The van der Waals surface area contributed by atoms with Crippen molar-refractivity contribution < 1.29 is 14.6 Å². The van der Waals surface area contributed by atoms with Crippen LogP contribution in [0, 0.1) is 0 Å². The summed E-state index contributed by atoms with van der Waals surface area (Å²) in [6.45, 7) is 0.109. The van der Waals surface area contributed by atoms with E-state index in [9.17, 15) is 5.11 Å². The van der Waals surface area contributed by atoms with Gasteiger partial charge in [0, 0.05) is 5.56 Å². The predicted octanol–water partition coefficient (Wildman–Crippen LogP) is 4.13. The molecule has 0 amide bonds. The summed E-state index contributed by atoms with van der Waals surface area (Å²) < 4.78 is 10.3. The van der Waals surface area contributed by atoms with E-state index >= 15 is 0 Å². The molecule has 0 radical (unpaired) electrons. The number of ether oxygens (including phenoxy) is 2. The zero-order valence-corrected chi connectivity index (χ0v) is 12.5. The Morgan fingerprint density at radius 2 is 1.26 bits per heavy atom. The monoisotopic (exact) mass is 304 g/mol. The molecule has 1 N–H and O–H groups in total. The highest BCUT2D eigenvalue weighted by atomic mass is 17.0. The molecule has 3 nitrogen and oxygen atoms in total. The molecule has 0 spiro atoms. The number of aliphatic hydroxyl groups is 1. The van der Waals surface area contributed by atoms with Gasteiger partial charge in [-0.1, -0.05) is 72.8 Å². The second kappa shape index (κ2) is 5.63. The fraction of sp³-hybridized carbons (Fsp3) is 0.100. The zero-order chi connectivity index (χ0) is 15.7. The third kappa shape index (κ3) is 2.55. The molecule has 23 heavy (non-hydrogen) atoms. The summed E-state index contributed by atoms with van der Waals surface area (Å²) in [5.41, 5.74) is 4.93. The molecule has 0 aliphatic carbocycles. The van der Waals surface area contributed by atoms with Gasteiger partial charge in [0.2, 0.25) is 0 Å². The molecular formula is C20H16O3. The SMILES string of the molecule is OC1(c2ccc(-c3ccccc3)c(-c3ccccc3)c2)OCO1. The van der Waals surface area contributed by atoms with E-state index in [1.165, 1.54) is 0 Å². The minimum atomic E-state index is -1.63. The molecule has 1 heterocycles. The number of benzene rings is 3. The van der Waals surface area contributed by atoms with E-state index in [-0.39, 0.29) is 6.79 Å². The van der Waals surface area contributed by atoms with Gasteiger partial charge in [-0.25, -0.2) is 0 Å². The van der Waals surface area contributed by atoms with Crippen molar-refractivity contribution >= 4 is 0 Å². The van der Waals surface area contributed by atoms with Gasteiger partial charge in [0.25, 0.3) is 0 Å². The van der Waals surface area contributed by atoms with Crippen LogP contribution in [-0.4, -0.2) is 11.9 Å². The Hall–Kier alpha value is -2.46. The fourth-order valence-corrected chi connectivity index (χ4v) is 2.80. The van der Waals surface area contributed by atoms with E-state index < -0.39 is 5.97 Å². The van der Waals surface area contributed by atoms with E-state index in [1.807, 2.05) is 54.6 Å². The maximum Gasteiger partial charge on any atom is 0.313 e. The van der Waals surface area contributed by atoms with Gasteiger partial charge in [0.15, 0.2) is 6.79 Å². The van der Waals surface area contributed by atoms with E-state index in [2.05, 4.69) is 24.3 Å². The lowest BCUT2D eigenvalue weighted by Gasteiger charge is -2.36. The topological polar surface area (TPSA) is 38.7 Å². The van der Waals surface area contributed by atoms with Gasteiger partial charge < -0.3 is 5.11 Å². The summed E-state index contributed by atoms with van der Waals surface area (Å²) in [7, 11) is 0. The summed E-state index contributed by atoms with van der Waals surface area (Å²) in [4.78, 5) is 0. The van der Waals surface area contributed by atoms with Gasteiger partial charge in [-0.05, 0) is 28.3 Å². The largest absolute Gasteiger partial charge is 0.339 e. The molecule has 1 aliphatic heterocycles. The smallest absolute Gasteiger partial charge is 0.313 e. The minimum Gasteiger partial charge on any atom is -0.339 e. The average molecular weight is 304 g/mol. The molecular weight excluding hydrogens is 288 g/mol. The molecule has 4 rings (SSSR count). The Bertz CT molecular complexity index is 809.